The van der Waals surface area contributed by atoms with Gasteiger partial charge in [-0.3, -0.25) is 19.2 Å². The van der Waals surface area contributed by atoms with Crippen molar-refractivity contribution in [1.82, 2.24) is 0 Å². The van der Waals surface area contributed by atoms with Crippen molar-refractivity contribution < 1.29 is 44.0 Å². The van der Waals surface area contributed by atoms with Gasteiger partial charge in [0.1, 0.15) is 11.3 Å². The third kappa shape index (κ3) is 5.13. The number of rotatable bonds is 7. The average molecular weight is 745 g/mol. The monoisotopic (exact) mass is 744 g/mol. The van der Waals surface area contributed by atoms with Gasteiger partial charge in [0.05, 0.1) is 41.7 Å². The Balaban J connectivity index is 1.30. The largest absolute Gasteiger partial charge is 0.507 e. The summed E-state index contributed by atoms with van der Waals surface area (Å²) in [4.78, 5) is 72.4. The number of phenolic OH excluding ortho intramolecular Hbond substituents is 1. The molecule has 4 aliphatic rings. The molecule has 4 aromatic rings. The van der Waals surface area contributed by atoms with Crippen LogP contribution in [0.15, 0.2) is 109 Å². The van der Waals surface area contributed by atoms with Crippen LogP contribution in [0.2, 0.25) is 5.02 Å². The first kappa shape index (κ1) is 34.9. The zero-order valence-electron chi connectivity index (χ0n) is 28.8. The van der Waals surface area contributed by atoms with Crippen LogP contribution >= 0.6 is 11.6 Å². The molecule has 0 aromatic heterocycles. The third-order valence-corrected chi connectivity index (χ3v) is 11.6. The highest BCUT2D eigenvalue weighted by molar-refractivity contribution is 6.32. The summed E-state index contributed by atoms with van der Waals surface area (Å²) in [6.07, 6.45) is 5.82. The highest BCUT2D eigenvalue weighted by Crippen LogP contribution is 2.62. The number of hydrogen-bond acceptors (Lipinski definition) is 8. The van der Waals surface area contributed by atoms with Gasteiger partial charge in [-0.25, -0.2) is 14.6 Å². The Morgan fingerprint density at radius 2 is 1.59 bits per heavy atom. The van der Waals surface area contributed by atoms with E-state index in [0.29, 0.717) is 21.8 Å². The fourth-order valence-corrected chi connectivity index (χ4v) is 9.27. The molecule has 11 nitrogen and oxygen atoms in total. The van der Waals surface area contributed by atoms with Gasteiger partial charge in [-0.15, -0.1) is 0 Å². The number of carboxylic acids is 1. The van der Waals surface area contributed by atoms with E-state index in [0.717, 1.165) is 22.6 Å². The van der Waals surface area contributed by atoms with Crippen molar-refractivity contribution >= 4 is 58.6 Å². The minimum absolute atomic E-state index is 0.0369. The van der Waals surface area contributed by atoms with Crippen LogP contribution in [0.25, 0.3) is 6.08 Å². The van der Waals surface area contributed by atoms with Crippen molar-refractivity contribution in [2.75, 3.05) is 16.9 Å². The minimum atomic E-state index is -1.46. The fraction of sp³-hybridized carbons (Fsp3) is 0.214. The first-order valence-corrected chi connectivity index (χ1v) is 17.7. The number of hydrogen-bond donors (Lipinski definition) is 3. The number of carboxylic acid groups (broad SMARTS) is 1. The van der Waals surface area contributed by atoms with Gasteiger partial charge in [0.2, 0.25) is 23.6 Å². The molecule has 1 saturated carbocycles. The number of methoxy groups -OCH3 is 1. The predicted octanol–water partition coefficient (Wildman–Crippen LogP) is 6.37. The number of halogens is 1. The van der Waals surface area contributed by atoms with Gasteiger partial charge in [0.15, 0.2) is 11.5 Å². The number of carbonyl (C=O) groups is 5. The Bertz CT molecular complexity index is 2340. The van der Waals surface area contributed by atoms with Gasteiger partial charge in [-0.1, -0.05) is 77.9 Å². The molecular weight excluding hydrogens is 712 g/mol. The number of amides is 4. The molecule has 272 valence electrons. The molecule has 3 N–H and O–H groups in total. The van der Waals surface area contributed by atoms with E-state index in [1.54, 1.807) is 42.5 Å². The van der Waals surface area contributed by atoms with E-state index in [4.69, 9.17) is 16.3 Å². The van der Waals surface area contributed by atoms with E-state index < -0.39 is 70.4 Å². The zero-order valence-corrected chi connectivity index (χ0v) is 29.5. The van der Waals surface area contributed by atoms with Crippen molar-refractivity contribution in [1.29, 1.82) is 0 Å². The quantitative estimate of drug-likeness (QED) is 0.144. The molecular formula is C42H33ClN2O9. The fourth-order valence-electron chi connectivity index (χ4n) is 9.09. The first-order chi connectivity index (χ1) is 26.0. The molecule has 4 amide bonds. The number of ether oxygens (including phenoxy) is 1. The maximum absolute atomic E-state index is 15.3. The summed E-state index contributed by atoms with van der Waals surface area (Å²) in [6.45, 7) is 0. The predicted molar refractivity (Wildman–Crippen MR) is 198 cm³/mol. The van der Waals surface area contributed by atoms with E-state index >= 15 is 4.79 Å². The lowest BCUT2D eigenvalue weighted by atomic mass is 9.50. The SMILES string of the molecule is COc1cc(C=CC2C3=CCC4C(=O)N(c5ccc(C(=O)O)c(O)c5)C(=O)C4C3CC3C(=O)N(c4cccc(Cl)c4)C(=O)C23c2ccccc2)ccc1O. The van der Waals surface area contributed by atoms with Crippen LogP contribution in [0.1, 0.15) is 34.3 Å². The molecule has 0 bridgehead atoms. The number of aromatic hydroxyl groups is 2. The summed E-state index contributed by atoms with van der Waals surface area (Å²) in [6, 6.07) is 24.0. The molecule has 54 heavy (non-hydrogen) atoms. The topological polar surface area (TPSA) is 162 Å². The summed E-state index contributed by atoms with van der Waals surface area (Å²) in [5, 5.41) is 30.5. The normalized spacial score (nSPS) is 26.1. The van der Waals surface area contributed by atoms with Gasteiger partial charge >= 0.3 is 5.97 Å². The second-order valence-electron chi connectivity index (χ2n) is 13.9. The standard InChI is InChI=1S/C42H33ClN2O9/c1-54-35-18-22(11-17-33(35)46)10-16-31-27-14-15-29-36(39(50)44(37(29)48)26-12-13-28(40(51)52)34(47)20-26)30(27)21-32-38(49)45(25-9-5-8-24(43)19-25)41(53)42(31,32)23-6-3-2-4-7-23/h2-14,16-20,29-32,36,46-47H,15,21H2,1H3,(H,51,52). The molecule has 3 fully saturated rings. The molecule has 2 heterocycles. The van der Waals surface area contributed by atoms with E-state index in [2.05, 4.69) is 0 Å². The van der Waals surface area contributed by atoms with Crippen LogP contribution in [0.3, 0.4) is 0 Å². The van der Waals surface area contributed by atoms with E-state index in [1.807, 2.05) is 42.5 Å². The maximum atomic E-state index is 15.3. The minimum Gasteiger partial charge on any atom is -0.507 e. The highest BCUT2D eigenvalue weighted by atomic mass is 35.5. The molecule has 12 heteroatoms. The first-order valence-electron chi connectivity index (χ1n) is 17.4. The number of aromatic carboxylic acids is 1. The molecule has 6 atom stereocenters. The van der Waals surface area contributed by atoms with Gasteiger partial charge in [-0.05, 0) is 72.4 Å². The summed E-state index contributed by atoms with van der Waals surface area (Å²) >= 11 is 6.38. The second kappa shape index (κ2) is 13.0. The van der Waals surface area contributed by atoms with E-state index in [-0.39, 0.29) is 35.6 Å². The van der Waals surface area contributed by atoms with Gasteiger partial charge < -0.3 is 20.1 Å². The molecule has 6 unspecified atom stereocenters. The number of benzene rings is 4. The molecule has 2 saturated heterocycles. The number of fused-ring (bicyclic) bond motifs is 4. The zero-order chi connectivity index (χ0) is 38.1. The Morgan fingerprint density at radius 3 is 2.30 bits per heavy atom. The average Bonchev–Trinajstić information content (AvgIpc) is 3.55. The highest BCUT2D eigenvalue weighted by Gasteiger charge is 2.69. The van der Waals surface area contributed by atoms with Crippen LogP contribution in [0.4, 0.5) is 11.4 Å². The summed E-state index contributed by atoms with van der Waals surface area (Å²) in [5.74, 6) is -7.79. The Morgan fingerprint density at radius 1 is 0.833 bits per heavy atom. The second-order valence-corrected chi connectivity index (χ2v) is 14.4. The van der Waals surface area contributed by atoms with Crippen LogP contribution in [-0.2, 0) is 24.6 Å². The number of carbonyl (C=O) groups excluding carboxylic acids is 4. The maximum Gasteiger partial charge on any atom is 0.339 e. The molecule has 8 rings (SSSR count). The van der Waals surface area contributed by atoms with Crippen molar-refractivity contribution in [3.63, 3.8) is 0 Å². The van der Waals surface area contributed by atoms with Crippen molar-refractivity contribution in [2.45, 2.75) is 18.3 Å². The number of nitrogens with zero attached hydrogens (tertiary/aromatic N) is 2. The number of allylic oxidation sites excluding steroid dienone is 3. The summed E-state index contributed by atoms with van der Waals surface area (Å²) in [7, 11) is 1.44. The lowest BCUT2D eigenvalue weighted by Crippen LogP contribution is -2.54. The lowest BCUT2D eigenvalue weighted by Gasteiger charge is -2.49. The van der Waals surface area contributed by atoms with Gasteiger partial charge in [-0.2, -0.15) is 0 Å². The third-order valence-electron chi connectivity index (χ3n) is 11.4. The molecule has 2 aliphatic carbocycles. The van der Waals surface area contributed by atoms with Gasteiger partial charge in [0.25, 0.3) is 0 Å². The molecule has 0 spiro atoms. The number of imide groups is 2. The Kier molecular flexibility index (Phi) is 8.41. The summed E-state index contributed by atoms with van der Waals surface area (Å²) in [5.41, 5.74) is 0.504. The summed E-state index contributed by atoms with van der Waals surface area (Å²) < 4.78 is 5.34. The Labute approximate surface area is 314 Å². The van der Waals surface area contributed by atoms with E-state index in [1.165, 1.54) is 24.1 Å². The van der Waals surface area contributed by atoms with Crippen LogP contribution < -0.4 is 14.5 Å². The van der Waals surface area contributed by atoms with E-state index in [9.17, 15) is 34.5 Å². The molecule has 0 radical (unpaired) electrons. The van der Waals surface area contributed by atoms with Gasteiger partial charge in [0, 0.05) is 17.0 Å². The van der Waals surface area contributed by atoms with Crippen LogP contribution in [-0.4, -0.2) is 52.0 Å². The Hall–Kier alpha value is -6.20. The number of anilines is 2. The smallest absolute Gasteiger partial charge is 0.339 e. The molecule has 4 aromatic carbocycles. The van der Waals surface area contributed by atoms with Crippen molar-refractivity contribution in [3.05, 3.63) is 130 Å². The van der Waals surface area contributed by atoms with Crippen molar-refractivity contribution in [2.24, 2.45) is 29.6 Å². The van der Waals surface area contributed by atoms with Crippen molar-refractivity contribution in [3.8, 4) is 17.2 Å². The van der Waals surface area contributed by atoms with Crippen LogP contribution in [0.5, 0.6) is 17.2 Å². The number of phenols is 2. The van der Waals surface area contributed by atoms with Crippen LogP contribution in [0, 0.1) is 29.6 Å². The lowest BCUT2D eigenvalue weighted by molar-refractivity contribution is -0.128. The molecule has 2 aliphatic heterocycles.